The zero-order valence-corrected chi connectivity index (χ0v) is 5.95. The molecule has 0 fully saturated rings. The zero-order valence-electron chi connectivity index (χ0n) is 5.20. The van der Waals surface area contributed by atoms with Gasteiger partial charge in [0.05, 0.1) is 5.69 Å². The first-order valence-electron chi connectivity index (χ1n) is 2.85. The highest BCUT2D eigenvalue weighted by molar-refractivity contribution is 6.27. The van der Waals surface area contributed by atoms with Gasteiger partial charge in [0.25, 0.3) is 0 Å². The Bertz CT molecular complexity index is 212. The van der Waals surface area contributed by atoms with Crippen LogP contribution in [-0.2, 0) is 4.79 Å². The molecule has 52 valence electrons. The summed E-state index contributed by atoms with van der Waals surface area (Å²) in [5.74, 6) is 0. The van der Waals surface area contributed by atoms with Crippen molar-refractivity contribution in [3.63, 3.8) is 0 Å². The molecule has 0 radical (unpaired) electrons. The Balaban J connectivity index is 2.84. The maximum Gasteiger partial charge on any atom is 0.143 e. The predicted molar refractivity (Wildman–Crippen MR) is 38.9 cm³/mol. The van der Waals surface area contributed by atoms with E-state index in [1.807, 2.05) is 0 Å². The Morgan fingerprint density at radius 1 is 1.60 bits per heavy atom. The Morgan fingerprint density at radius 2 is 2.40 bits per heavy atom. The van der Waals surface area contributed by atoms with Crippen molar-refractivity contribution in [2.24, 2.45) is 0 Å². The van der Waals surface area contributed by atoms with E-state index in [1.54, 1.807) is 24.4 Å². The summed E-state index contributed by atoms with van der Waals surface area (Å²) < 4.78 is 0. The molecule has 1 atom stereocenters. The van der Waals surface area contributed by atoms with Crippen molar-refractivity contribution in [1.29, 1.82) is 0 Å². The highest BCUT2D eigenvalue weighted by Crippen LogP contribution is 2.13. The molecule has 10 heavy (non-hydrogen) atoms. The van der Waals surface area contributed by atoms with E-state index in [2.05, 4.69) is 4.98 Å². The summed E-state index contributed by atoms with van der Waals surface area (Å²) in [6.45, 7) is 0. The largest absolute Gasteiger partial charge is 0.301 e. The van der Waals surface area contributed by atoms with Crippen LogP contribution in [0.2, 0.25) is 0 Å². The molecule has 3 heteroatoms. The van der Waals surface area contributed by atoms with Gasteiger partial charge in [-0.1, -0.05) is 6.07 Å². The SMILES string of the molecule is O=CC(Cl)c1ccccn1. The molecule has 0 amide bonds. The van der Waals surface area contributed by atoms with Crippen LogP contribution in [0.15, 0.2) is 24.4 Å². The molecule has 0 saturated heterocycles. The molecule has 2 nitrogen and oxygen atoms in total. The maximum absolute atomic E-state index is 10.1. The Morgan fingerprint density at radius 3 is 2.90 bits per heavy atom. The summed E-state index contributed by atoms with van der Waals surface area (Å²) in [4.78, 5) is 14.0. The van der Waals surface area contributed by atoms with Crippen molar-refractivity contribution < 1.29 is 4.79 Å². The molecule has 0 aliphatic heterocycles. The lowest BCUT2D eigenvalue weighted by molar-refractivity contribution is -0.107. The molecular weight excluding hydrogens is 150 g/mol. The molecule has 1 unspecified atom stereocenters. The monoisotopic (exact) mass is 155 g/mol. The number of nitrogens with zero attached hydrogens (tertiary/aromatic N) is 1. The van der Waals surface area contributed by atoms with Crippen molar-refractivity contribution in [3.8, 4) is 0 Å². The molecule has 1 aromatic rings. The van der Waals surface area contributed by atoms with E-state index in [0.29, 0.717) is 12.0 Å². The molecule has 0 N–H and O–H groups in total. The summed E-state index contributed by atoms with van der Waals surface area (Å²) in [6, 6.07) is 5.28. The maximum atomic E-state index is 10.1. The van der Waals surface area contributed by atoms with E-state index in [-0.39, 0.29) is 0 Å². The summed E-state index contributed by atoms with van der Waals surface area (Å²) in [7, 11) is 0. The first kappa shape index (κ1) is 7.22. The van der Waals surface area contributed by atoms with Gasteiger partial charge >= 0.3 is 0 Å². The van der Waals surface area contributed by atoms with E-state index < -0.39 is 5.38 Å². The minimum absolute atomic E-state index is 0.596. The van der Waals surface area contributed by atoms with Gasteiger partial charge in [-0.3, -0.25) is 4.98 Å². The van der Waals surface area contributed by atoms with E-state index in [4.69, 9.17) is 11.6 Å². The smallest absolute Gasteiger partial charge is 0.143 e. The highest BCUT2D eigenvalue weighted by Gasteiger charge is 2.04. The minimum Gasteiger partial charge on any atom is -0.301 e. The van der Waals surface area contributed by atoms with Crippen LogP contribution in [0.4, 0.5) is 0 Å². The molecule has 0 aliphatic rings. The van der Waals surface area contributed by atoms with Gasteiger partial charge in [0.1, 0.15) is 11.7 Å². The summed E-state index contributed by atoms with van der Waals surface area (Å²) in [5.41, 5.74) is 0.596. The van der Waals surface area contributed by atoms with Crippen LogP contribution < -0.4 is 0 Å². The lowest BCUT2D eigenvalue weighted by Gasteiger charge is -1.97. The van der Waals surface area contributed by atoms with Gasteiger partial charge in [-0.2, -0.15) is 0 Å². The van der Waals surface area contributed by atoms with Crippen LogP contribution in [0.3, 0.4) is 0 Å². The molecule has 1 aromatic heterocycles. The first-order valence-corrected chi connectivity index (χ1v) is 3.28. The fraction of sp³-hybridized carbons (Fsp3) is 0.143. The number of hydrogen-bond donors (Lipinski definition) is 0. The van der Waals surface area contributed by atoms with Crippen molar-refractivity contribution in [2.45, 2.75) is 5.38 Å². The van der Waals surface area contributed by atoms with Gasteiger partial charge in [0.2, 0.25) is 0 Å². The number of halogens is 1. The third kappa shape index (κ3) is 1.54. The van der Waals surface area contributed by atoms with E-state index in [9.17, 15) is 4.79 Å². The van der Waals surface area contributed by atoms with Crippen molar-refractivity contribution in [3.05, 3.63) is 30.1 Å². The van der Waals surface area contributed by atoms with Gasteiger partial charge in [0, 0.05) is 6.20 Å². The number of aldehydes is 1. The fourth-order valence-electron chi connectivity index (χ4n) is 0.609. The summed E-state index contributed by atoms with van der Waals surface area (Å²) in [5, 5.41) is -0.610. The zero-order chi connectivity index (χ0) is 7.40. The van der Waals surface area contributed by atoms with Crippen molar-refractivity contribution in [2.75, 3.05) is 0 Å². The quantitative estimate of drug-likeness (QED) is 0.479. The Hall–Kier alpha value is -0.890. The van der Waals surface area contributed by atoms with E-state index >= 15 is 0 Å². The van der Waals surface area contributed by atoms with E-state index in [1.165, 1.54) is 0 Å². The van der Waals surface area contributed by atoms with Crippen molar-refractivity contribution >= 4 is 17.9 Å². The number of pyridine rings is 1. The molecule has 0 bridgehead atoms. The Labute approximate surface area is 63.8 Å². The third-order valence-corrected chi connectivity index (χ3v) is 1.42. The highest BCUT2D eigenvalue weighted by atomic mass is 35.5. The van der Waals surface area contributed by atoms with Crippen LogP contribution in [0.5, 0.6) is 0 Å². The van der Waals surface area contributed by atoms with Gasteiger partial charge in [-0.05, 0) is 12.1 Å². The first-order chi connectivity index (χ1) is 4.84. The second kappa shape index (κ2) is 3.32. The molecule has 1 heterocycles. The van der Waals surface area contributed by atoms with Gasteiger partial charge in [0.15, 0.2) is 0 Å². The predicted octanol–water partition coefficient (Wildman–Crippen LogP) is 1.56. The molecule has 0 saturated carbocycles. The lowest BCUT2D eigenvalue weighted by Crippen LogP contribution is -1.93. The van der Waals surface area contributed by atoms with E-state index in [0.717, 1.165) is 0 Å². The summed E-state index contributed by atoms with van der Waals surface area (Å²) >= 11 is 5.56. The number of carbonyl (C=O) groups is 1. The second-order valence-electron chi connectivity index (χ2n) is 1.79. The normalized spacial score (nSPS) is 12.5. The molecule has 1 rings (SSSR count). The van der Waals surface area contributed by atoms with Gasteiger partial charge in [-0.25, -0.2) is 0 Å². The Kier molecular flexibility index (Phi) is 2.40. The average Bonchev–Trinajstić information content (AvgIpc) is 2.05. The number of carbonyl (C=O) groups excluding carboxylic acids is 1. The topological polar surface area (TPSA) is 30.0 Å². The average molecular weight is 156 g/mol. The fourth-order valence-corrected chi connectivity index (χ4v) is 0.738. The van der Waals surface area contributed by atoms with Crippen LogP contribution in [0, 0.1) is 0 Å². The van der Waals surface area contributed by atoms with Gasteiger partial charge in [-0.15, -0.1) is 11.6 Å². The van der Waals surface area contributed by atoms with Crippen LogP contribution in [-0.4, -0.2) is 11.3 Å². The molecule has 0 aromatic carbocycles. The molecular formula is C7H6ClNO. The molecule has 0 aliphatic carbocycles. The van der Waals surface area contributed by atoms with Gasteiger partial charge < -0.3 is 4.79 Å². The molecule has 0 spiro atoms. The second-order valence-corrected chi connectivity index (χ2v) is 2.26. The van der Waals surface area contributed by atoms with Crippen LogP contribution in [0.25, 0.3) is 0 Å². The number of hydrogen-bond acceptors (Lipinski definition) is 2. The van der Waals surface area contributed by atoms with Crippen LogP contribution >= 0.6 is 11.6 Å². The standard InChI is InChI=1S/C7H6ClNO/c8-6(5-10)7-3-1-2-4-9-7/h1-6H. The third-order valence-electron chi connectivity index (χ3n) is 1.09. The number of aromatic nitrogens is 1. The lowest BCUT2D eigenvalue weighted by atomic mass is 10.3. The van der Waals surface area contributed by atoms with Crippen LogP contribution in [0.1, 0.15) is 11.1 Å². The minimum atomic E-state index is -0.610. The number of alkyl halides is 1. The summed E-state index contributed by atoms with van der Waals surface area (Å²) in [6.07, 6.45) is 2.26. The number of rotatable bonds is 2. The van der Waals surface area contributed by atoms with Crippen molar-refractivity contribution in [1.82, 2.24) is 4.98 Å².